The molecule has 1 saturated heterocycles. The van der Waals surface area contributed by atoms with Crippen LogP contribution in [0.25, 0.3) is 0 Å². The fourth-order valence-electron chi connectivity index (χ4n) is 4.73. The predicted octanol–water partition coefficient (Wildman–Crippen LogP) is 2.50. The Kier molecular flexibility index (Phi) is 5.39. The van der Waals surface area contributed by atoms with Crippen LogP contribution in [-0.4, -0.2) is 49.6 Å². The molecule has 4 bridgehead atoms. The van der Waals surface area contributed by atoms with E-state index in [-0.39, 0.29) is 12.0 Å². The summed E-state index contributed by atoms with van der Waals surface area (Å²) in [6.07, 6.45) is 3.05. The molecule has 0 aromatic carbocycles. The van der Waals surface area contributed by atoms with Crippen molar-refractivity contribution < 1.29 is 38.1 Å². The van der Waals surface area contributed by atoms with Gasteiger partial charge >= 0.3 is 17.9 Å². The maximum Gasteiger partial charge on any atom is 0.338 e. The van der Waals surface area contributed by atoms with Crippen molar-refractivity contribution in [1.29, 1.82) is 0 Å². The molecule has 1 aliphatic carbocycles. The average Bonchev–Trinajstić information content (AvgIpc) is 3.28. The van der Waals surface area contributed by atoms with Gasteiger partial charge in [-0.2, -0.15) is 0 Å². The monoisotopic (exact) mass is 430 g/mol. The van der Waals surface area contributed by atoms with Gasteiger partial charge in [-0.15, -0.1) is 0 Å². The second-order valence-electron chi connectivity index (χ2n) is 8.62. The number of carbonyl (C=O) groups excluding carboxylic acids is 3. The minimum Gasteiger partial charge on any atom is -0.457 e. The molecular weight excluding hydrogens is 404 g/mol. The number of rotatable bonds is 2. The number of ether oxygens (including phenoxy) is 5. The number of fused-ring (bicyclic) bond motifs is 4. The van der Waals surface area contributed by atoms with Gasteiger partial charge < -0.3 is 23.7 Å². The van der Waals surface area contributed by atoms with E-state index in [1.807, 2.05) is 6.92 Å². The number of hydrogen-bond acceptors (Lipinski definition) is 8. The van der Waals surface area contributed by atoms with Crippen molar-refractivity contribution in [2.45, 2.75) is 58.2 Å². The van der Waals surface area contributed by atoms with Crippen molar-refractivity contribution in [1.82, 2.24) is 0 Å². The highest BCUT2D eigenvalue weighted by atomic mass is 16.7. The van der Waals surface area contributed by atoms with E-state index in [2.05, 4.69) is 6.58 Å². The fourth-order valence-corrected chi connectivity index (χ4v) is 4.73. The normalized spacial score (nSPS) is 39.0. The highest BCUT2D eigenvalue weighted by Gasteiger charge is 2.56. The highest BCUT2D eigenvalue weighted by molar-refractivity contribution is 5.92. The molecule has 0 spiro atoms. The molecule has 0 saturated carbocycles. The predicted molar refractivity (Wildman–Crippen MR) is 107 cm³/mol. The lowest BCUT2D eigenvalue weighted by atomic mass is 9.75. The molecular formula is C23H26O8. The Morgan fingerprint density at radius 3 is 2.74 bits per heavy atom. The number of hydrogen-bond donors (Lipinski definition) is 0. The summed E-state index contributed by atoms with van der Waals surface area (Å²) in [6, 6.07) is 0. The van der Waals surface area contributed by atoms with Gasteiger partial charge in [-0.3, -0.25) is 9.59 Å². The number of methoxy groups -OCH3 is 1. The molecule has 6 atom stereocenters. The lowest BCUT2D eigenvalue weighted by Gasteiger charge is -2.31. The Morgan fingerprint density at radius 1 is 1.32 bits per heavy atom. The van der Waals surface area contributed by atoms with Crippen LogP contribution in [0.1, 0.15) is 33.6 Å². The SMILES string of the molecule is C=C1C2C[C@@H](OC(C)=O)C3=C[C@H](C/C(C)=C\C4=C[C@@](C)(C(=O)O4)[C@H]2O[C@@H]1OC)OC3=O. The van der Waals surface area contributed by atoms with Crippen LogP contribution in [0.15, 0.2) is 47.3 Å². The van der Waals surface area contributed by atoms with Gasteiger partial charge in [0.15, 0.2) is 6.29 Å². The summed E-state index contributed by atoms with van der Waals surface area (Å²) in [4.78, 5) is 37.4. The first kappa shape index (κ1) is 21.5. The van der Waals surface area contributed by atoms with Crippen molar-refractivity contribution in [2.24, 2.45) is 11.3 Å². The summed E-state index contributed by atoms with van der Waals surface area (Å²) in [5.74, 6) is -1.52. The van der Waals surface area contributed by atoms with Crippen molar-refractivity contribution in [3.8, 4) is 0 Å². The molecule has 0 aromatic heterocycles. The summed E-state index contributed by atoms with van der Waals surface area (Å²) in [6.45, 7) is 9.01. The largest absolute Gasteiger partial charge is 0.457 e. The molecule has 4 rings (SSSR count). The summed E-state index contributed by atoms with van der Waals surface area (Å²) in [7, 11) is 1.49. The quantitative estimate of drug-likeness (QED) is 0.375. The van der Waals surface area contributed by atoms with Gasteiger partial charge in [-0.25, -0.2) is 4.79 Å². The average molecular weight is 430 g/mol. The first-order chi connectivity index (χ1) is 14.6. The van der Waals surface area contributed by atoms with Crippen LogP contribution in [-0.2, 0) is 38.1 Å². The van der Waals surface area contributed by atoms with Crippen molar-refractivity contribution in [3.63, 3.8) is 0 Å². The van der Waals surface area contributed by atoms with Crippen molar-refractivity contribution >= 4 is 17.9 Å². The molecule has 3 aliphatic heterocycles. The summed E-state index contributed by atoms with van der Waals surface area (Å²) < 4.78 is 28.0. The molecule has 8 nitrogen and oxygen atoms in total. The maximum atomic E-state index is 12.9. The van der Waals surface area contributed by atoms with Gasteiger partial charge in [0, 0.05) is 26.4 Å². The summed E-state index contributed by atoms with van der Waals surface area (Å²) >= 11 is 0. The molecule has 8 heteroatoms. The smallest absolute Gasteiger partial charge is 0.338 e. The van der Waals surface area contributed by atoms with Crippen LogP contribution < -0.4 is 0 Å². The zero-order chi connectivity index (χ0) is 22.5. The molecule has 3 heterocycles. The van der Waals surface area contributed by atoms with Gasteiger partial charge in [0.25, 0.3) is 0 Å². The molecule has 0 aromatic rings. The zero-order valence-corrected chi connectivity index (χ0v) is 18.0. The lowest BCUT2D eigenvalue weighted by Crippen LogP contribution is -2.42. The third-order valence-corrected chi connectivity index (χ3v) is 6.21. The molecule has 166 valence electrons. The number of esters is 3. The fraction of sp³-hybridized carbons (Fsp3) is 0.522. The van der Waals surface area contributed by atoms with E-state index < -0.39 is 53.8 Å². The van der Waals surface area contributed by atoms with Crippen LogP contribution in [0.3, 0.4) is 0 Å². The van der Waals surface area contributed by atoms with Gasteiger partial charge in [-0.1, -0.05) is 12.2 Å². The lowest BCUT2D eigenvalue weighted by molar-refractivity contribution is -0.164. The van der Waals surface area contributed by atoms with Gasteiger partial charge in [-0.05, 0) is 44.1 Å². The second-order valence-corrected chi connectivity index (χ2v) is 8.62. The molecule has 4 aliphatic rings. The van der Waals surface area contributed by atoms with E-state index in [1.54, 1.807) is 25.2 Å². The van der Waals surface area contributed by atoms with Crippen molar-refractivity contribution in [2.75, 3.05) is 7.11 Å². The number of carbonyl (C=O) groups is 3. The topological polar surface area (TPSA) is 97.4 Å². The zero-order valence-electron chi connectivity index (χ0n) is 18.0. The third-order valence-electron chi connectivity index (χ3n) is 6.21. The minimum atomic E-state index is -1.10. The molecule has 31 heavy (non-hydrogen) atoms. The minimum absolute atomic E-state index is 0.190. The molecule has 1 unspecified atom stereocenters. The maximum absolute atomic E-state index is 12.9. The first-order valence-corrected chi connectivity index (χ1v) is 10.2. The van der Waals surface area contributed by atoms with Gasteiger partial charge in [0.1, 0.15) is 23.4 Å². The number of allylic oxidation sites excluding steroid dienone is 1. The molecule has 1 fully saturated rings. The summed E-state index contributed by atoms with van der Waals surface area (Å²) in [5, 5.41) is 0. The molecule has 0 radical (unpaired) electrons. The van der Waals surface area contributed by atoms with E-state index >= 15 is 0 Å². The Hall–Kier alpha value is -2.71. The van der Waals surface area contributed by atoms with E-state index in [9.17, 15) is 14.4 Å². The molecule has 0 amide bonds. The highest BCUT2D eigenvalue weighted by Crippen LogP contribution is 2.48. The Balaban J connectivity index is 1.83. The third kappa shape index (κ3) is 3.74. The van der Waals surface area contributed by atoms with Crippen LogP contribution >= 0.6 is 0 Å². The van der Waals surface area contributed by atoms with Crippen LogP contribution in [0.2, 0.25) is 0 Å². The van der Waals surface area contributed by atoms with Crippen molar-refractivity contribution in [3.05, 3.63) is 47.3 Å². The second kappa shape index (κ2) is 7.76. The van der Waals surface area contributed by atoms with Crippen LogP contribution in [0.4, 0.5) is 0 Å². The van der Waals surface area contributed by atoms with Crippen LogP contribution in [0.5, 0.6) is 0 Å². The van der Waals surface area contributed by atoms with E-state index in [1.165, 1.54) is 14.0 Å². The Morgan fingerprint density at radius 2 is 2.06 bits per heavy atom. The standard InChI is InChI=1S/C23H26O8/c1-11-6-14-8-17(20(25)29-14)18(28-13(3)24)9-16-12(2)21(27-5)31-19(16)23(4)10-15(7-11)30-22(23)26/h7-8,10,14,16,18-19,21H,2,6,9H2,1,3-5H3/b11-7-/t14-,16?,18+,19-,21-,23+/m0/s1. The molecule has 0 N–H and O–H groups in total. The van der Waals surface area contributed by atoms with Gasteiger partial charge in [0.2, 0.25) is 0 Å². The Bertz CT molecular complexity index is 941. The van der Waals surface area contributed by atoms with E-state index in [4.69, 9.17) is 23.7 Å². The van der Waals surface area contributed by atoms with E-state index in [0.717, 1.165) is 5.57 Å². The summed E-state index contributed by atoms with van der Waals surface area (Å²) in [5.41, 5.74) is 0.653. The van der Waals surface area contributed by atoms with Crippen LogP contribution in [0, 0.1) is 11.3 Å². The van der Waals surface area contributed by atoms with E-state index in [0.29, 0.717) is 17.8 Å². The van der Waals surface area contributed by atoms with Gasteiger partial charge in [0.05, 0.1) is 11.7 Å². The Labute approximate surface area is 180 Å². The first-order valence-electron chi connectivity index (χ1n) is 10.2.